The van der Waals surface area contributed by atoms with Crippen molar-refractivity contribution in [3.8, 4) is 5.75 Å². The molecule has 1 aliphatic rings. The van der Waals surface area contributed by atoms with Crippen molar-refractivity contribution >= 4 is 15.9 Å². The SMILES string of the molecule is OC1CCCCC1CNCc1cc(Br)ccc1OC(F)F. The number of benzene rings is 1. The van der Waals surface area contributed by atoms with E-state index in [1.54, 1.807) is 12.1 Å². The normalized spacial score (nSPS) is 22.5. The van der Waals surface area contributed by atoms with Crippen molar-refractivity contribution in [3.05, 3.63) is 28.2 Å². The minimum Gasteiger partial charge on any atom is -0.434 e. The van der Waals surface area contributed by atoms with Crippen LogP contribution in [0.4, 0.5) is 8.78 Å². The number of alkyl halides is 2. The Balaban J connectivity index is 1.91. The van der Waals surface area contributed by atoms with Gasteiger partial charge in [-0.05, 0) is 37.0 Å². The summed E-state index contributed by atoms with van der Waals surface area (Å²) in [6.45, 7) is -1.71. The Kier molecular flexibility index (Phi) is 6.39. The summed E-state index contributed by atoms with van der Waals surface area (Å²) in [5.74, 6) is 0.426. The third kappa shape index (κ3) is 5.20. The second kappa shape index (κ2) is 8.06. The van der Waals surface area contributed by atoms with Crippen molar-refractivity contribution < 1.29 is 18.6 Å². The van der Waals surface area contributed by atoms with E-state index in [9.17, 15) is 13.9 Å². The lowest BCUT2D eigenvalue weighted by Crippen LogP contribution is -2.33. The lowest BCUT2D eigenvalue weighted by molar-refractivity contribution is -0.0505. The number of ether oxygens (including phenoxy) is 1. The molecule has 2 rings (SSSR count). The zero-order chi connectivity index (χ0) is 15.2. The molecule has 0 amide bonds. The Morgan fingerprint density at radius 2 is 2.10 bits per heavy atom. The maximum absolute atomic E-state index is 12.4. The van der Waals surface area contributed by atoms with Gasteiger partial charge in [0, 0.05) is 23.1 Å². The summed E-state index contributed by atoms with van der Waals surface area (Å²) in [7, 11) is 0. The van der Waals surface area contributed by atoms with Gasteiger partial charge in [0.05, 0.1) is 6.10 Å². The first-order chi connectivity index (χ1) is 10.1. The molecule has 6 heteroatoms. The monoisotopic (exact) mass is 363 g/mol. The van der Waals surface area contributed by atoms with E-state index in [4.69, 9.17) is 0 Å². The van der Waals surface area contributed by atoms with Gasteiger partial charge in [0.2, 0.25) is 0 Å². The highest BCUT2D eigenvalue weighted by Gasteiger charge is 2.22. The average molecular weight is 364 g/mol. The molecule has 2 unspecified atom stereocenters. The van der Waals surface area contributed by atoms with E-state index in [0.29, 0.717) is 18.7 Å². The molecule has 1 aromatic rings. The minimum absolute atomic E-state index is 0.185. The minimum atomic E-state index is -2.83. The van der Waals surface area contributed by atoms with Crippen molar-refractivity contribution in [2.75, 3.05) is 6.54 Å². The van der Waals surface area contributed by atoms with Crippen molar-refractivity contribution in [2.45, 2.75) is 44.9 Å². The van der Waals surface area contributed by atoms with Crippen LogP contribution in [0.1, 0.15) is 31.2 Å². The largest absolute Gasteiger partial charge is 0.434 e. The molecule has 0 aromatic heterocycles. The molecule has 0 bridgehead atoms. The molecule has 0 aliphatic heterocycles. The van der Waals surface area contributed by atoms with Gasteiger partial charge in [-0.3, -0.25) is 0 Å². The quantitative estimate of drug-likeness (QED) is 0.809. The average Bonchev–Trinajstić information content (AvgIpc) is 2.43. The van der Waals surface area contributed by atoms with Crippen LogP contribution in [0.15, 0.2) is 22.7 Å². The number of aliphatic hydroxyl groups excluding tert-OH is 1. The Morgan fingerprint density at radius 1 is 1.33 bits per heavy atom. The summed E-state index contributed by atoms with van der Waals surface area (Å²) in [6, 6.07) is 4.97. The predicted molar refractivity (Wildman–Crippen MR) is 80.4 cm³/mol. The topological polar surface area (TPSA) is 41.5 Å². The summed E-state index contributed by atoms with van der Waals surface area (Å²) in [5.41, 5.74) is 0.676. The molecular weight excluding hydrogens is 344 g/mol. The molecule has 0 radical (unpaired) electrons. The van der Waals surface area contributed by atoms with Crippen LogP contribution in [0.25, 0.3) is 0 Å². The number of rotatable bonds is 6. The standard InChI is InChI=1S/C15H20BrF2NO2/c16-12-5-6-14(21-15(17)18)11(7-12)9-19-8-10-3-1-2-4-13(10)20/h5-7,10,13,15,19-20H,1-4,8-9H2. The summed E-state index contributed by atoms with van der Waals surface area (Å²) < 4.78 is 30.1. The van der Waals surface area contributed by atoms with E-state index in [1.165, 1.54) is 6.07 Å². The van der Waals surface area contributed by atoms with Gasteiger partial charge in [-0.15, -0.1) is 0 Å². The molecule has 2 N–H and O–H groups in total. The van der Waals surface area contributed by atoms with Gasteiger partial charge >= 0.3 is 6.61 Å². The molecule has 1 aromatic carbocycles. The van der Waals surface area contributed by atoms with Crippen LogP contribution < -0.4 is 10.1 Å². The van der Waals surface area contributed by atoms with Crippen LogP contribution in [0, 0.1) is 5.92 Å². The Morgan fingerprint density at radius 3 is 2.81 bits per heavy atom. The van der Waals surface area contributed by atoms with Crippen molar-refractivity contribution in [1.29, 1.82) is 0 Å². The lowest BCUT2D eigenvalue weighted by Gasteiger charge is -2.27. The zero-order valence-electron chi connectivity index (χ0n) is 11.7. The zero-order valence-corrected chi connectivity index (χ0v) is 13.3. The third-order valence-corrected chi connectivity index (χ3v) is 4.32. The first kappa shape index (κ1) is 16.6. The van der Waals surface area contributed by atoms with E-state index >= 15 is 0 Å². The third-order valence-electron chi connectivity index (χ3n) is 3.83. The molecule has 0 heterocycles. The molecule has 1 aliphatic carbocycles. The number of hydrogen-bond donors (Lipinski definition) is 2. The maximum Gasteiger partial charge on any atom is 0.387 e. The molecule has 3 nitrogen and oxygen atoms in total. The summed E-state index contributed by atoms with van der Waals surface area (Å²) in [5, 5.41) is 13.1. The number of aliphatic hydroxyl groups is 1. The van der Waals surface area contributed by atoms with E-state index in [0.717, 1.165) is 30.2 Å². The van der Waals surface area contributed by atoms with E-state index < -0.39 is 6.61 Å². The summed E-state index contributed by atoms with van der Waals surface area (Å²) >= 11 is 3.33. The van der Waals surface area contributed by atoms with Crippen molar-refractivity contribution in [3.63, 3.8) is 0 Å². The van der Waals surface area contributed by atoms with Crippen LogP contribution in [0.2, 0.25) is 0 Å². The van der Waals surface area contributed by atoms with Crippen LogP contribution in [-0.2, 0) is 6.54 Å². The summed E-state index contributed by atoms with van der Waals surface area (Å²) in [4.78, 5) is 0. The number of halogens is 3. The Labute approximate surface area is 131 Å². The predicted octanol–water partition coefficient (Wildman–Crippen LogP) is 3.69. The van der Waals surface area contributed by atoms with Crippen LogP contribution >= 0.6 is 15.9 Å². The first-order valence-corrected chi connectivity index (χ1v) is 7.97. The van der Waals surface area contributed by atoms with Crippen molar-refractivity contribution in [1.82, 2.24) is 5.32 Å². The molecule has 21 heavy (non-hydrogen) atoms. The highest BCUT2D eigenvalue weighted by atomic mass is 79.9. The Bertz CT molecular complexity index is 459. The van der Waals surface area contributed by atoms with Gasteiger partial charge in [0.1, 0.15) is 5.75 Å². The maximum atomic E-state index is 12.4. The second-order valence-corrected chi connectivity index (χ2v) is 6.29. The van der Waals surface area contributed by atoms with Crippen LogP contribution in [0.3, 0.4) is 0 Å². The molecule has 1 fully saturated rings. The van der Waals surface area contributed by atoms with Gasteiger partial charge in [-0.25, -0.2) is 0 Å². The lowest BCUT2D eigenvalue weighted by atomic mass is 9.86. The van der Waals surface area contributed by atoms with Gasteiger partial charge in [0.25, 0.3) is 0 Å². The van der Waals surface area contributed by atoms with Crippen molar-refractivity contribution in [2.24, 2.45) is 5.92 Å². The second-order valence-electron chi connectivity index (χ2n) is 5.37. The van der Waals surface area contributed by atoms with E-state index in [-0.39, 0.29) is 17.8 Å². The van der Waals surface area contributed by atoms with E-state index in [1.807, 2.05) is 0 Å². The fourth-order valence-electron chi connectivity index (χ4n) is 2.72. The molecule has 1 saturated carbocycles. The fourth-order valence-corrected chi connectivity index (χ4v) is 3.12. The fraction of sp³-hybridized carbons (Fsp3) is 0.600. The smallest absolute Gasteiger partial charge is 0.387 e. The molecule has 118 valence electrons. The van der Waals surface area contributed by atoms with Gasteiger partial charge in [-0.1, -0.05) is 28.8 Å². The van der Waals surface area contributed by atoms with Gasteiger partial charge in [0.15, 0.2) is 0 Å². The molecule has 0 saturated heterocycles. The highest BCUT2D eigenvalue weighted by molar-refractivity contribution is 9.10. The first-order valence-electron chi connectivity index (χ1n) is 7.18. The number of hydrogen-bond acceptors (Lipinski definition) is 3. The van der Waals surface area contributed by atoms with E-state index in [2.05, 4.69) is 26.0 Å². The summed E-state index contributed by atoms with van der Waals surface area (Å²) in [6.07, 6.45) is 3.82. The molecule has 2 atom stereocenters. The van der Waals surface area contributed by atoms with Crippen LogP contribution in [0.5, 0.6) is 5.75 Å². The Hall–Kier alpha value is -0.720. The number of nitrogens with one attached hydrogen (secondary N) is 1. The van der Waals surface area contributed by atoms with Gasteiger partial charge < -0.3 is 15.2 Å². The van der Waals surface area contributed by atoms with Gasteiger partial charge in [-0.2, -0.15) is 8.78 Å². The molecular formula is C15H20BrF2NO2. The molecule has 0 spiro atoms. The highest BCUT2D eigenvalue weighted by Crippen LogP contribution is 2.26. The van der Waals surface area contributed by atoms with Crippen LogP contribution in [-0.4, -0.2) is 24.4 Å².